The molecule has 2 fully saturated rings. The summed E-state index contributed by atoms with van der Waals surface area (Å²) in [6, 6.07) is 5.32. The Labute approximate surface area is 199 Å². The molecular formula is C25H33FN4O4. The highest BCUT2D eigenvalue weighted by atomic mass is 19.1. The molecule has 2 saturated heterocycles. The number of nitrogens with zero attached hydrogens (tertiary/aromatic N) is 4. The fraction of sp³-hybridized carbons (Fsp3) is 0.560. The number of hydrogen-bond donors (Lipinski definition) is 0. The third kappa shape index (κ3) is 5.31. The average molecular weight is 473 g/mol. The minimum atomic E-state index is -0.878. The molecule has 2 atom stereocenters. The molecule has 8 nitrogen and oxygen atoms in total. The van der Waals surface area contributed by atoms with E-state index in [9.17, 15) is 14.0 Å². The summed E-state index contributed by atoms with van der Waals surface area (Å²) < 4.78 is 25.6. The number of carbonyl (C=O) groups excluding carboxylic acids is 2. The van der Waals surface area contributed by atoms with Gasteiger partial charge in [0.15, 0.2) is 6.10 Å². The van der Waals surface area contributed by atoms with Crippen LogP contribution in [-0.4, -0.2) is 77.4 Å². The van der Waals surface area contributed by atoms with Crippen LogP contribution in [0.1, 0.15) is 50.4 Å². The van der Waals surface area contributed by atoms with Gasteiger partial charge in [-0.15, -0.1) is 0 Å². The molecule has 0 aliphatic carbocycles. The maximum atomic E-state index is 13.9. The first-order valence-corrected chi connectivity index (χ1v) is 11.7. The Hall–Kier alpha value is -2.78. The van der Waals surface area contributed by atoms with Crippen LogP contribution >= 0.6 is 0 Å². The maximum Gasteiger partial charge on any atom is 0.254 e. The summed E-state index contributed by atoms with van der Waals surface area (Å²) in [5.41, 5.74) is 0.448. The lowest BCUT2D eigenvalue weighted by atomic mass is 9.94. The lowest BCUT2D eigenvalue weighted by molar-refractivity contribution is -0.167. The summed E-state index contributed by atoms with van der Waals surface area (Å²) in [5, 5.41) is 0. The summed E-state index contributed by atoms with van der Waals surface area (Å²) in [6.07, 6.45) is 1.70. The largest absolute Gasteiger partial charge is 0.444 e. The smallest absolute Gasteiger partial charge is 0.254 e. The van der Waals surface area contributed by atoms with Crippen LogP contribution in [0.2, 0.25) is 0 Å². The number of aromatic nitrogens is 1. The number of carbonyl (C=O) groups is 2. The molecule has 9 heteroatoms. The van der Waals surface area contributed by atoms with E-state index in [2.05, 4.69) is 30.7 Å². The van der Waals surface area contributed by atoms with Crippen molar-refractivity contribution in [3.05, 3.63) is 53.5 Å². The number of likely N-dealkylation sites (N-methyl/N-ethyl adjacent to an activating group) is 1. The van der Waals surface area contributed by atoms with E-state index in [1.807, 2.05) is 0 Å². The fourth-order valence-electron chi connectivity index (χ4n) is 4.46. The number of morpholine rings is 1. The molecule has 0 saturated carbocycles. The number of benzene rings is 1. The first-order valence-electron chi connectivity index (χ1n) is 11.7. The van der Waals surface area contributed by atoms with Gasteiger partial charge in [-0.25, -0.2) is 9.37 Å². The van der Waals surface area contributed by atoms with Gasteiger partial charge in [0.05, 0.1) is 18.8 Å². The van der Waals surface area contributed by atoms with E-state index in [0.29, 0.717) is 37.6 Å². The normalized spacial score (nSPS) is 22.7. The maximum absolute atomic E-state index is 13.9. The van der Waals surface area contributed by atoms with E-state index in [1.165, 1.54) is 17.0 Å². The van der Waals surface area contributed by atoms with Crippen LogP contribution in [0.15, 0.2) is 34.9 Å². The molecule has 1 aromatic heterocycles. The predicted octanol–water partition coefficient (Wildman–Crippen LogP) is 2.74. The second-order valence-corrected chi connectivity index (χ2v) is 10.1. The van der Waals surface area contributed by atoms with Gasteiger partial charge in [-0.2, -0.15) is 0 Å². The average Bonchev–Trinajstić information content (AvgIpc) is 3.14. The third-order valence-electron chi connectivity index (χ3n) is 6.47. The monoisotopic (exact) mass is 472 g/mol. The molecule has 0 radical (unpaired) electrons. The zero-order valence-corrected chi connectivity index (χ0v) is 20.3. The first kappa shape index (κ1) is 24.3. The van der Waals surface area contributed by atoms with Gasteiger partial charge >= 0.3 is 0 Å². The fourth-order valence-corrected chi connectivity index (χ4v) is 4.46. The summed E-state index contributed by atoms with van der Waals surface area (Å²) in [7, 11) is 1.63. The van der Waals surface area contributed by atoms with Crippen LogP contribution in [0.5, 0.6) is 0 Å². The molecule has 0 bridgehead atoms. The zero-order chi connectivity index (χ0) is 24.5. The van der Waals surface area contributed by atoms with Crippen molar-refractivity contribution in [2.45, 2.75) is 51.3 Å². The highest BCUT2D eigenvalue weighted by Gasteiger charge is 2.42. The topological polar surface area (TPSA) is 79.1 Å². The van der Waals surface area contributed by atoms with Crippen molar-refractivity contribution < 1.29 is 23.1 Å². The van der Waals surface area contributed by atoms with E-state index in [1.54, 1.807) is 30.3 Å². The molecule has 2 unspecified atom stereocenters. The SMILES string of the molecule is CN1C(=O)COC(C(=O)N2CCCN(Cc3ncc(C(C)(C)C)o3)CC2)C1c1cccc(F)c1. The van der Waals surface area contributed by atoms with Crippen LogP contribution in [0.3, 0.4) is 0 Å². The minimum Gasteiger partial charge on any atom is -0.444 e. The van der Waals surface area contributed by atoms with Crippen LogP contribution in [0.4, 0.5) is 4.39 Å². The molecule has 2 aliphatic rings. The van der Waals surface area contributed by atoms with E-state index in [-0.39, 0.29) is 23.8 Å². The van der Waals surface area contributed by atoms with Crippen LogP contribution in [0.25, 0.3) is 0 Å². The number of amides is 2. The predicted molar refractivity (Wildman–Crippen MR) is 123 cm³/mol. The summed E-state index contributed by atoms with van der Waals surface area (Å²) in [5.74, 6) is 0.696. The Kier molecular flexibility index (Phi) is 7.04. The van der Waals surface area contributed by atoms with Crippen molar-refractivity contribution in [3.63, 3.8) is 0 Å². The second-order valence-electron chi connectivity index (χ2n) is 10.1. The summed E-state index contributed by atoms with van der Waals surface area (Å²) in [6.45, 7) is 9.27. The summed E-state index contributed by atoms with van der Waals surface area (Å²) in [4.78, 5) is 35.8. The standard InChI is InChI=1S/C25H33FN4O4/c1-25(2,3)19-14-27-20(34-19)15-29-9-6-10-30(12-11-29)24(32)23-22(28(4)21(31)16-33-23)17-7-5-8-18(26)13-17/h5,7-8,13-14,22-23H,6,9-12,15-16H2,1-4H3. The Morgan fingerprint density at radius 1 is 1.21 bits per heavy atom. The van der Waals surface area contributed by atoms with Gasteiger partial charge in [-0.1, -0.05) is 32.9 Å². The van der Waals surface area contributed by atoms with Crippen molar-refractivity contribution in [2.75, 3.05) is 39.8 Å². The quantitative estimate of drug-likeness (QED) is 0.681. The molecule has 0 N–H and O–H groups in total. The molecule has 3 heterocycles. The highest BCUT2D eigenvalue weighted by molar-refractivity contribution is 5.86. The molecule has 184 valence electrons. The molecule has 2 aliphatic heterocycles. The van der Waals surface area contributed by atoms with E-state index < -0.39 is 18.0 Å². The van der Waals surface area contributed by atoms with Gasteiger partial charge in [0, 0.05) is 38.6 Å². The van der Waals surface area contributed by atoms with Crippen molar-refractivity contribution in [1.82, 2.24) is 19.7 Å². The number of oxazole rings is 1. The number of hydrogen-bond acceptors (Lipinski definition) is 6. The molecule has 1 aromatic carbocycles. The van der Waals surface area contributed by atoms with Crippen LogP contribution in [0, 0.1) is 5.82 Å². The minimum absolute atomic E-state index is 0.0972. The Morgan fingerprint density at radius 2 is 2.00 bits per heavy atom. The molecule has 2 aromatic rings. The van der Waals surface area contributed by atoms with E-state index >= 15 is 0 Å². The van der Waals surface area contributed by atoms with Crippen LogP contribution in [-0.2, 0) is 26.3 Å². The van der Waals surface area contributed by atoms with Crippen molar-refractivity contribution in [1.29, 1.82) is 0 Å². The Balaban J connectivity index is 1.44. The molecular weight excluding hydrogens is 439 g/mol. The Bertz CT molecular complexity index is 1030. The first-order chi connectivity index (χ1) is 16.1. The third-order valence-corrected chi connectivity index (χ3v) is 6.47. The highest BCUT2D eigenvalue weighted by Crippen LogP contribution is 2.31. The van der Waals surface area contributed by atoms with Gasteiger partial charge in [-0.05, 0) is 24.1 Å². The Morgan fingerprint density at radius 3 is 2.71 bits per heavy atom. The van der Waals surface area contributed by atoms with E-state index in [0.717, 1.165) is 18.7 Å². The van der Waals surface area contributed by atoms with Crippen molar-refractivity contribution in [3.8, 4) is 0 Å². The lowest BCUT2D eigenvalue weighted by Gasteiger charge is -2.40. The van der Waals surface area contributed by atoms with Crippen molar-refractivity contribution >= 4 is 11.8 Å². The lowest BCUT2D eigenvalue weighted by Crippen LogP contribution is -2.54. The van der Waals surface area contributed by atoms with Crippen LogP contribution < -0.4 is 0 Å². The number of rotatable bonds is 4. The number of ether oxygens (including phenoxy) is 1. The zero-order valence-electron chi connectivity index (χ0n) is 20.3. The van der Waals surface area contributed by atoms with Gasteiger partial charge in [0.25, 0.3) is 5.91 Å². The molecule has 2 amide bonds. The van der Waals surface area contributed by atoms with E-state index in [4.69, 9.17) is 9.15 Å². The molecule has 34 heavy (non-hydrogen) atoms. The molecule has 0 spiro atoms. The van der Waals surface area contributed by atoms with Gasteiger partial charge in [-0.3, -0.25) is 14.5 Å². The summed E-state index contributed by atoms with van der Waals surface area (Å²) >= 11 is 0. The second kappa shape index (κ2) is 9.84. The van der Waals surface area contributed by atoms with Gasteiger partial charge < -0.3 is 19.0 Å². The van der Waals surface area contributed by atoms with Crippen molar-refractivity contribution in [2.24, 2.45) is 0 Å². The van der Waals surface area contributed by atoms with Gasteiger partial charge in [0.2, 0.25) is 11.8 Å². The van der Waals surface area contributed by atoms with Gasteiger partial charge in [0.1, 0.15) is 18.2 Å². The molecule has 4 rings (SSSR count). The number of halogens is 1.